The third-order valence-corrected chi connectivity index (χ3v) is 5.11. The molecule has 1 aliphatic carbocycles. The monoisotopic (exact) mass is 359 g/mol. The predicted octanol–water partition coefficient (Wildman–Crippen LogP) is 4.06. The summed E-state index contributed by atoms with van der Waals surface area (Å²) in [7, 11) is 0. The number of ether oxygens (including phenoxy) is 1. The van der Waals surface area contributed by atoms with Gasteiger partial charge in [-0.3, -0.25) is 9.69 Å². The molecule has 1 saturated heterocycles. The quantitative estimate of drug-likeness (QED) is 0.761. The lowest BCUT2D eigenvalue weighted by atomic mass is 10.0. The Morgan fingerprint density at radius 2 is 2.00 bits per heavy atom. The smallest absolute Gasteiger partial charge is 0.416 e. The lowest BCUT2D eigenvalue weighted by Gasteiger charge is -2.33. The molecule has 3 rings (SSSR count). The molecule has 2 fully saturated rings. The molecule has 6 nitrogen and oxygen atoms in total. The van der Waals surface area contributed by atoms with Gasteiger partial charge in [0.15, 0.2) is 0 Å². The van der Waals surface area contributed by atoms with Crippen LogP contribution in [0.1, 0.15) is 70.9 Å². The number of anilines is 1. The first-order valence-corrected chi connectivity index (χ1v) is 9.59. The van der Waals surface area contributed by atoms with Gasteiger partial charge in [0.05, 0.1) is 6.04 Å². The van der Waals surface area contributed by atoms with E-state index >= 15 is 0 Å². The Labute approximate surface area is 155 Å². The number of rotatable bonds is 4. The van der Waals surface area contributed by atoms with Crippen molar-refractivity contribution in [2.24, 2.45) is 0 Å². The third-order valence-electron chi connectivity index (χ3n) is 5.11. The van der Waals surface area contributed by atoms with Crippen LogP contribution in [0.15, 0.2) is 18.3 Å². The summed E-state index contributed by atoms with van der Waals surface area (Å²) in [5.74, 6) is 0.646. The van der Waals surface area contributed by atoms with Crippen molar-refractivity contribution in [2.45, 2.75) is 77.0 Å². The molecule has 0 unspecified atom stereocenters. The zero-order valence-corrected chi connectivity index (χ0v) is 16.0. The molecule has 1 saturated carbocycles. The van der Waals surface area contributed by atoms with Gasteiger partial charge in [-0.25, -0.2) is 9.78 Å². The molecule has 0 bridgehead atoms. The van der Waals surface area contributed by atoms with Crippen molar-refractivity contribution in [3.8, 4) is 0 Å². The molecular weight excluding hydrogens is 330 g/mol. The van der Waals surface area contributed by atoms with Crippen molar-refractivity contribution in [2.75, 3.05) is 11.4 Å². The third kappa shape index (κ3) is 4.00. The van der Waals surface area contributed by atoms with E-state index in [0.717, 1.165) is 57.0 Å². The Morgan fingerprint density at radius 3 is 2.65 bits per heavy atom. The first-order valence-electron chi connectivity index (χ1n) is 9.59. The second kappa shape index (κ2) is 7.64. The number of carbonyl (C=O) groups is 2. The van der Waals surface area contributed by atoms with E-state index in [1.165, 1.54) is 0 Å². The molecule has 2 aliphatic rings. The average Bonchev–Trinajstić information content (AvgIpc) is 3.25. The first kappa shape index (κ1) is 18.7. The van der Waals surface area contributed by atoms with E-state index < -0.39 is 5.60 Å². The van der Waals surface area contributed by atoms with E-state index in [0.29, 0.717) is 5.82 Å². The van der Waals surface area contributed by atoms with Gasteiger partial charge in [0.25, 0.3) is 0 Å². The van der Waals surface area contributed by atoms with Gasteiger partial charge in [0.2, 0.25) is 6.41 Å². The Bertz CT molecular complexity index is 650. The second-order valence-corrected chi connectivity index (χ2v) is 8.21. The second-order valence-electron chi connectivity index (χ2n) is 8.21. The number of hydrogen-bond donors (Lipinski definition) is 0. The van der Waals surface area contributed by atoms with Gasteiger partial charge >= 0.3 is 6.09 Å². The Balaban J connectivity index is 1.98. The molecular formula is C20H29N3O3. The van der Waals surface area contributed by atoms with Crippen molar-refractivity contribution >= 4 is 18.3 Å². The maximum atomic E-state index is 13.0. The fourth-order valence-corrected chi connectivity index (χ4v) is 4.00. The van der Waals surface area contributed by atoms with Gasteiger partial charge in [-0.1, -0.05) is 18.9 Å². The molecule has 26 heavy (non-hydrogen) atoms. The zero-order chi connectivity index (χ0) is 18.7. The summed E-state index contributed by atoms with van der Waals surface area (Å²) in [5, 5.41) is 0. The van der Waals surface area contributed by atoms with E-state index in [-0.39, 0.29) is 18.2 Å². The molecule has 1 aromatic rings. The summed E-state index contributed by atoms with van der Waals surface area (Å²) in [6.07, 6.45) is 8.26. The van der Waals surface area contributed by atoms with Crippen LogP contribution in [0.5, 0.6) is 0 Å². The maximum absolute atomic E-state index is 13.0. The number of likely N-dealkylation sites (tertiary alicyclic amines) is 1. The molecule has 0 aromatic carbocycles. The van der Waals surface area contributed by atoms with Crippen LogP contribution in [0.2, 0.25) is 0 Å². The fourth-order valence-electron chi connectivity index (χ4n) is 4.00. The highest BCUT2D eigenvalue weighted by Gasteiger charge is 2.36. The lowest BCUT2D eigenvalue weighted by molar-refractivity contribution is -0.118. The van der Waals surface area contributed by atoms with Gasteiger partial charge in [0.1, 0.15) is 11.4 Å². The van der Waals surface area contributed by atoms with Crippen LogP contribution in [0, 0.1) is 0 Å². The predicted molar refractivity (Wildman–Crippen MR) is 100.0 cm³/mol. The average molecular weight is 359 g/mol. The molecule has 0 N–H and O–H groups in total. The molecule has 1 atom stereocenters. The molecule has 1 aliphatic heterocycles. The normalized spacial score (nSPS) is 21.0. The Hall–Kier alpha value is -2.11. The number of nitrogens with zero attached hydrogens (tertiary/aromatic N) is 3. The van der Waals surface area contributed by atoms with E-state index in [2.05, 4.69) is 4.98 Å². The topological polar surface area (TPSA) is 62.7 Å². The van der Waals surface area contributed by atoms with Crippen molar-refractivity contribution in [3.63, 3.8) is 0 Å². The molecule has 0 radical (unpaired) electrons. The van der Waals surface area contributed by atoms with E-state index in [4.69, 9.17) is 4.74 Å². The highest BCUT2D eigenvalue weighted by Crippen LogP contribution is 2.38. The molecule has 0 spiro atoms. The van der Waals surface area contributed by atoms with Crippen LogP contribution >= 0.6 is 0 Å². The SMILES string of the molecule is CC(C)(C)OC(=O)N(c1ncccc1[C@H]1CCCN1C=O)C1CCCC1. The van der Waals surface area contributed by atoms with Crippen LogP contribution in [-0.4, -0.2) is 40.6 Å². The van der Waals surface area contributed by atoms with E-state index in [1.54, 1.807) is 11.1 Å². The minimum atomic E-state index is -0.564. The number of hydrogen-bond acceptors (Lipinski definition) is 4. The van der Waals surface area contributed by atoms with Gasteiger partial charge in [-0.05, 0) is 52.5 Å². The maximum Gasteiger partial charge on any atom is 0.416 e. The van der Waals surface area contributed by atoms with Gasteiger partial charge in [-0.2, -0.15) is 0 Å². The lowest BCUT2D eigenvalue weighted by Crippen LogP contribution is -2.44. The number of carbonyl (C=O) groups excluding carboxylic acids is 2. The summed E-state index contributed by atoms with van der Waals surface area (Å²) < 4.78 is 5.70. The zero-order valence-electron chi connectivity index (χ0n) is 16.0. The summed E-state index contributed by atoms with van der Waals surface area (Å²) in [5.41, 5.74) is 0.375. The number of amides is 2. The van der Waals surface area contributed by atoms with Crippen LogP contribution < -0.4 is 4.90 Å². The Morgan fingerprint density at radius 1 is 1.27 bits per heavy atom. The Kier molecular flexibility index (Phi) is 5.49. The van der Waals surface area contributed by atoms with Gasteiger partial charge in [-0.15, -0.1) is 0 Å². The van der Waals surface area contributed by atoms with Crippen molar-refractivity contribution in [1.29, 1.82) is 0 Å². The minimum Gasteiger partial charge on any atom is -0.443 e. The minimum absolute atomic E-state index is 0.0254. The van der Waals surface area contributed by atoms with Gasteiger partial charge in [0, 0.05) is 24.3 Å². The van der Waals surface area contributed by atoms with Crippen LogP contribution in [0.25, 0.3) is 0 Å². The summed E-state index contributed by atoms with van der Waals surface area (Å²) in [6.45, 7) is 6.38. The standard InChI is InChI=1S/C20H29N3O3/c1-20(2,3)26-19(25)23(15-8-4-5-9-15)18-16(10-6-12-21-18)17-11-7-13-22(17)14-24/h6,10,12,14-15,17H,4-5,7-9,11,13H2,1-3H3/t17-/m1/s1. The van der Waals surface area contributed by atoms with Gasteiger partial charge < -0.3 is 9.64 Å². The number of aromatic nitrogens is 1. The van der Waals surface area contributed by atoms with Crippen LogP contribution in [0.4, 0.5) is 10.6 Å². The van der Waals surface area contributed by atoms with E-state index in [9.17, 15) is 9.59 Å². The highest BCUT2D eigenvalue weighted by atomic mass is 16.6. The van der Waals surface area contributed by atoms with Crippen molar-refractivity contribution in [3.05, 3.63) is 23.9 Å². The van der Waals surface area contributed by atoms with Crippen LogP contribution in [0.3, 0.4) is 0 Å². The first-order chi connectivity index (χ1) is 12.4. The fraction of sp³-hybridized carbons (Fsp3) is 0.650. The molecule has 6 heteroatoms. The summed E-state index contributed by atoms with van der Waals surface area (Å²) in [4.78, 5) is 32.6. The number of pyridine rings is 1. The van der Waals surface area contributed by atoms with Crippen molar-refractivity contribution in [1.82, 2.24) is 9.88 Å². The molecule has 2 amide bonds. The molecule has 2 heterocycles. The molecule has 1 aromatic heterocycles. The summed E-state index contributed by atoms with van der Waals surface area (Å²) >= 11 is 0. The largest absolute Gasteiger partial charge is 0.443 e. The van der Waals surface area contributed by atoms with E-state index in [1.807, 2.05) is 37.8 Å². The highest BCUT2D eigenvalue weighted by molar-refractivity contribution is 5.88. The molecule has 142 valence electrons. The summed E-state index contributed by atoms with van der Waals surface area (Å²) in [6, 6.07) is 3.94. The van der Waals surface area contributed by atoms with Crippen molar-refractivity contribution < 1.29 is 14.3 Å². The van der Waals surface area contributed by atoms with Crippen LogP contribution in [-0.2, 0) is 9.53 Å².